The van der Waals surface area contributed by atoms with Crippen LogP contribution in [0.4, 0.5) is 13.2 Å². The predicted octanol–water partition coefficient (Wildman–Crippen LogP) is 5.43. The quantitative estimate of drug-likeness (QED) is 0.575. The summed E-state index contributed by atoms with van der Waals surface area (Å²) in [5, 5.41) is 0. The van der Waals surface area contributed by atoms with E-state index < -0.39 is 12.6 Å². The maximum atomic E-state index is 11.2. The first-order valence-corrected chi connectivity index (χ1v) is 5.36. The van der Waals surface area contributed by atoms with Gasteiger partial charge in [0.2, 0.25) is 0 Å². The molecule has 3 heteroatoms. The first kappa shape index (κ1) is 19.4. The zero-order chi connectivity index (χ0) is 12.2. The molecule has 0 aliphatic heterocycles. The summed E-state index contributed by atoms with van der Waals surface area (Å²) in [6.07, 6.45) is -3.72. The van der Waals surface area contributed by atoms with E-state index >= 15 is 0 Å². The SMILES string of the molecule is CC.CC(C)C.CCCCC(F)(F)F. The lowest BCUT2D eigenvalue weighted by Crippen LogP contribution is -2.05. The van der Waals surface area contributed by atoms with Gasteiger partial charge in [0.1, 0.15) is 0 Å². The number of rotatable bonds is 2. The smallest absolute Gasteiger partial charge is 0.171 e. The Bertz CT molecular complexity index is 82.3. The molecule has 0 bridgehead atoms. The average molecular weight is 214 g/mol. The third-order valence-corrected chi connectivity index (χ3v) is 0.814. The highest BCUT2D eigenvalue weighted by Gasteiger charge is 2.25. The number of halogens is 3. The van der Waals surface area contributed by atoms with Crippen LogP contribution in [-0.4, -0.2) is 6.18 Å². The van der Waals surface area contributed by atoms with Gasteiger partial charge in [0, 0.05) is 6.42 Å². The Hall–Kier alpha value is -0.210. The second-order valence-corrected chi connectivity index (χ2v) is 3.45. The molecule has 0 aromatic rings. The van der Waals surface area contributed by atoms with Crippen LogP contribution in [0.15, 0.2) is 0 Å². The summed E-state index contributed by atoms with van der Waals surface area (Å²) in [4.78, 5) is 0. The molecule has 0 amide bonds. The summed E-state index contributed by atoms with van der Waals surface area (Å²) in [6, 6.07) is 0. The largest absolute Gasteiger partial charge is 0.389 e. The van der Waals surface area contributed by atoms with E-state index in [1.807, 2.05) is 13.8 Å². The van der Waals surface area contributed by atoms with E-state index in [-0.39, 0.29) is 6.42 Å². The number of alkyl halides is 3. The third kappa shape index (κ3) is 59.8. The first-order valence-electron chi connectivity index (χ1n) is 5.36. The molecule has 0 atom stereocenters. The fraction of sp³-hybridized carbons (Fsp3) is 1.00. The Labute approximate surface area is 86.9 Å². The number of unbranched alkanes of at least 4 members (excludes halogenated alkanes) is 1. The molecule has 0 saturated carbocycles. The van der Waals surface area contributed by atoms with Crippen molar-refractivity contribution in [3.63, 3.8) is 0 Å². The van der Waals surface area contributed by atoms with E-state index in [1.54, 1.807) is 6.92 Å². The van der Waals surface area contributed by atoms with Crippen LogP contribution in [0.25, 0.3) is 0 Å². The van der Waals surface area contributed by atoms with Crippen LogP contribution in [0.3, 0.4) is 0 Å². The fourth-order valence-electron chi connectivity index (χ4n) is 0.377. The fourth-order valence-corrected chi connectivity index (χ4v) is 0.377. The molecule has 0 aliphatic rings. The summed E-state index contributed by atoms with van der Waals surface area (Å²) in [5.41, 5.74) is 0. The molecular formula is C11H25F3. The second kappa shape index (κ2) is 12.8. The highest BCUT2D eigenvalue weighted by Crippen LogP contribution is 2.21. The van der Waals surface area contributed by atoms with Crippen molar-refractivity contribution >= 4 is 0 Å². The molecule has 0 N–H and O–H groups in total. The van der Waals surface area contributed by atoms with E-state index in [0.29, 0.717) is 6.42 Å². The van der Waals surface area contributed by atoms with Gasteiger partial charge in [0.15, 0.2) is 0 Å². The molecule has 0 fully saturated rings. The van der Waals surface area contributed by atoms with Crippen LogP contribution in [0.1, 0.15) is 60.8 Å². The van der Waals surface area contributed by atoms with E-state index in [1.165, 1.54) is 0 Å². The number of hydrogen-bond donors (Lipinski definition) is 0. The second-order valence-electron chi connectivity index (χ2n) is 3.45. The van der Waals surface area contributed by atoms with Crippen LogP contribution in [0, 0.1) is 5.92 Å². The maximum absolute atomic E-state index is 11.2. The van der Waals surface area contributed by atoms with Gasteiger partial charge in [-0.1, -0.05) is 48.0 Å². The van der Waals surface area contributed by atoms with Gasteiger partial charge in [0.25, 0.3) is 0 Å². The van der Waals surface area contributed by atoms with Crippen molar-refractivity contribution in [2.45, 2.75) is 67.0 Å². The lowest BCUT2D eigenvalue weighted by atomic mass is 10.2. The molecule has 0 heterocycles. The van der Waals surface area contributed by atoms with Crippen LogP contribution in [-0.2, 0) is 0 Å². The molecule has 0 spiro atoms. The van der Waals surface area contributed by atoms with Crippen LogP contribution in [0.5, 0.6) is 0 Å². The van der Waals surface area contributed by atoms with Crippen molar-refractivity contribution in [3.05, 3.63) is 0 Å². The Balaban J connectivity index is -0.000000170. The van der Waals surface area contributed by atoms with Crippen LogP contribution < -0.4 is 0 Å². The Morgan fingerprint density at radius 3 is 1.36 bits per heavy atom. The topological polar surface area (TPSA) is 0 Å². The molecular weight excluding hydrogens is 189 g/mol. The van der Waals surface area contributed by atoms with Gasteiger partial charge in [-0.15, -0.1) is 0 Å². The molecule has 0 unspecified atom stereocenters. The van der Waals surface area contributed by atoms with Gasteiger partial charge in [-0.05, 0) is 12.3 Å². The van der Waals surface area contributed by atoms with Gasteiger partial charge in [-0.25, -0.2) is 0 Å². The normalized spacial score (nSPS) is 9.86. The summed E-state index contributed by atoms with van der Waals surface area (Å²) in [6.45, 7) is 12.2. The Morgan fingerprint density at radius 2 is 1.29 bits per heavy atom. The molecule has 0 rings (SSSR count). The van der Waals surface area contributed by atoms with Crippen LogP contribution >= 0.6 is 0 Å². The number of hydrogen-bond acceptors (Lipinski definition) is 0. The minimum Gasteiger partial charge on any atom is -0.171 e. The monoisotopic (exact) mass is 214 g/mol. The molecule has 0 aromatic heterocycles. The molecule has 0 saturated heterocycles. The van der Waals surface area contributed by atoms with Crippen molar-refractivity contribution in [1.29, 1.82) is 0 Å². The van der Waals surface area contributed by atoms with Gasteiger partial charge in [-0.3, -0.25) is 0 Å². The highest BCUT2D eigenvalue weighted by molar-refractivity contribution is 4.47. The van der Waals surface area contributed by atoms with Crippen molar-refractivity contribution in [1.82, 2.24) is 0 Å². The van der Waals surface area contributed by atoms with Crippen LogP contribution in [0.2, 0.25) is 0 Å². The van der Waals surface area contributed by atoms with Gasteiger partial charge >= 0.3 is 6.18 Å². The van der Waals surface area contributed by atoms with Crippen molar-refractivity contribution in [2.24, 2.45) is 5.92 Å². The maximum Gasteiger partial charge on any atom is 0.389 e. The van der Waals surface area contributed by atoms with E-state index in [2.05, 4.69) is 20.8 Å². The summed E-state index contributed by atoms with van der Waals surface area (Å²) < 4.78 is 33.7. The lowest BCUT2D eigenvalue weighted by molar-refractivity contribution is -0.135. The van der Waals surface area contributed by atoms with Gasteiger partial charge in [-0.2, -0.15) is 13.2 Å². The Kier molecular flexibility index (Phi) is 17.7. The molecule has 0 radical (unpaired) electrons. The first-order chi connectivity index (χ1) is 6.29. The van der Waals surface area contributed by atoms with Crippen molar-refractivity contribution in [2.75, 3.05) is 0 Å². The van der Waals surface area contributed by atoms with E-state index in [4.69, 9.17) is 0 Å². The van der Waals surface area contributed by atoms with E-state index in [9.17, 15) is 13.2 Å². The third-order valence-electron chi connectivity index (χ3n) is 0.814. The molecule has 90 valence electrons. The Morgan fingerprint density at radius 1 is 1.00 bits per heavy atom. The minimum absolute atomic E-state index is 0.253. The molecule has 0 nitrogen and oxygen atoms in total. The van der Waals surface area contributed by atoms with E-state index in [0.717, 1.165) is 5.92 Å². The van der Waals surface area contributed by atoms with Gasteiger partial charge < -0.3 is 0 Å². The molecule has 0 aliphatic carbocycles. The summed E-state index contributed by atoms with van der Waals surface area (Å²) in [5.74, 6) is 0.833. The van der Waals surface area contributed by atoms with Crippen molar-refractivity contribution < 1.29 is 13.2 Å². The summed E-state index contributed by atoms with van der Waals surface area (Å²) >= 11 is 0. The average Bonchev–Trinajstić information content (AvgIpc) is 2.02. The standard InChI is InChI=1S/C5H9F3.C4H10.C2H6/c1-2-3-4-5(6,7)8;1-4(2)3;1-2/h2-4H2,1H3;4H,1-3H3;1-2H3. The highest BCUT2D eigenvalue weighted by atomic mass is 19.4. The zero-order valence-electron chi connectivity index (χ0n) is 10.3. The lowest BCUT2D eigenvalue weighted by Gasteiger charge is -2.02. The van der Waals surface area contributed by atoms with Gasteiger partial charge in [0.05, 0.1) is 0 Å². The molecule has 14 heavy (non-hydrogen) atoms. The summed E-state index contributed by atoms with van der Waals surface area (Å²) in [7, 11) is 0. The predicted molar refractivity (Wildman–Crippen MR) is 57.4 cm³/mol. The minimum atomic E-state index is -3.95. The molecule has 0 aromatic carbocycles. The van der Waals surface area contributed by atoms with Crippen molar-refractivity contribution in [3.8, 4) is 0 Å². The zero-order valence-corrected chi connectivity index (χ0v) is 10.3.